The number of halogens is 1. The van der Waals surface area contributed by atoms with Gasteiger partial charge in [0.2, 0.25) is 0 Å². The lowest BCUT2D eigenvalue weighted by molar-refractivity contribution is -0.135. The average Bonchev–Trinajstić information content (AvgIpc) is 3.44. The first kappa shape index (κ1) is 18.7. The van der Waals surface area contributed by atoms with E-state index in [0.29, 0.717) is 19.1 Å². The molecule has 2 aliphatic rings. The minimum atomic E-state index is -0.290. The van der Waals surface area contributed by atoms with Crippen LogP contribution in [0.4, 0.5) is 5.82 Å². The summed E-state index contributed by atoms with van der Waals surface area (Å²) in [6.45, 7) is 2.04. The van der Waals surface area contributed by atoms with E-state index in [4.69, 9.17) is 16.3 Å². The van der Waals surface area contributed by atoms with Crippen molar-refractivity contribution in [2.24, 2.45) is 0 Å². The molecule has 2 N–H and O–H groups in total. The van der Waals surface area contributed by atoms with E-state index >= 15 is 0 Å². The molecule has 152 valence electrons. The summed E-state index contributed by atoms with van der Waals surface area (Å²) in [4.78, 5) is 15.6. The smallest absolute Gasteiger partial charge is 0.167 e. The molecule has 2 aromatic heterocycles. The number of nitrogens with zero attached hydrogens (tertiary/aromatic N) is 5. The quantitative estimate of drug-likeness (QED) is 0.640. The van der Waals surface area contributed by atoms with Gasteiger partial charge in [0.25, 0.3) is 0 Å². The number of anilines is 1. The molecule has 3 aromatic rings. The number of aromatic nitrogens is 4. The van der Waals surface area contributed by atoms with Crippen molar-refractivity contribution >= 4 is 28.6 Å². The topological polar surface area (TPSA) is 88.3 Å². The highest BCUT2D eigenvalue weighted by molar-refractivity contribution is 6.30. The summed E-state index contributed by atoms with van der Waals surface area (Å²) in [5.74, 6) is 0.767. The van der Waals surface area contributed by atoms with Gasteiger partial charge < -0.3 is 15.2 Å². The second-order valence-electron chi connectivity index (χ2n) is 7.68. The van der Waals surface area contributed by atoms with Gasteiger partial charge in [-0.2, -0.15) is 0 Å². The maximum Gasteiger partial charge on any atom is 0.167 e. The molecular formula is C20H23ClN6O2. The van der Waals surface area contributed by atoms with Crippen molar-refractivity contribution in [1.29, 1.82) is 0 Å². The maximum atomic E-state index is 9.76. The minimum absolute atomic E-state index is 0.0380. The summed E-state index contributed by atoms with van der Waals surface area (Å²) < 4.78 is 8.07. The molecule has 1 aliphatic carbocycles. The van der Waals surface area contributed by atoms with Crippen LogP contribution in [0.15, 0.2) is 36.9 Å². The molecule has 29 heavy (non-hydrogen) atoms. The van der Waals surface area contributed by atoms with Crippen molar-refractivity contribution in [3.05, 3.63) is 47.5 Å². The van der Waals surface area contributed by atoms with Gasteiger partial charge in [-0.3, -0.25) is 9.47 Å². The van der Waals surface area contributed by atoms with Crippen molar-refractivity contribution in [2.75, 3.05) is 25.0 Å². The Bertz CT molecular complexity index is 990. The van der Waals surface area contributed by atoms with Gasteiger partial charge in [-0.15, -0.1) is 0 Å². The van der Waals surface area contributed by atoms with Gasteiger partial charge in [-0.1, -0.05) is 23.7 Å². The number of ether oxygens (including phenoxy) is 1. The Morgan fingerprint density at radius 2 is 1.97 bits per heavy atom. The van der Waals surface area contributed by atoms with Crippen LogP contribution < -0.4 is 5.32 Å². The summed E-state index contributed by atoms with van der Waals surface area (Å²) in [5, 5.41) is 13.9. The van der Waals surface area contributed by atoms with E-state index in [0.717, 1.165) is 41.4 Å². The van der Waals surface area contributed by atoms with Crippen LogP contribution in [0.2, 0.25) is 5.02 Å². The molecule has 9 heteroatoms. The fourth-order valence-electron chi connectivity index (χ4n) is 3.71. The maximum absolute atomic E-state index is 9.76. The Morgan fingerprint density at radius 1 is 1.14 bits per heavy atom. The van der Waals surface area contributed by atoms with Gasteiger partial charge in [0, 0.05) is 30.7 Å². The van der Waals surface area contributed by atoms with Crippen LogP contribution in [-0.4, -0.2) is 61.4 Å². The molecule has 1 saturated heterocycles. The molecule has 1 aromatic carbocycles. The number of benzene rings is 1. The summed E-state index contributed by atoms with van der Waals surface area (Å²) in [5.41, 5.74) is 2.65. The molecule has 0 spiro atoms. The zero-order valence-corrected chi connectivity index (χ0v) is 16.7. The van der Waals surface area contributed by atoms with E-state index in [1.807, 2.05) is 28.8 Å². The number of morpholine rings is 1. The van der Waals surface area contributed by atoms with Crippen LogP contribution in [0.25, 0.3) is 11.2 Å². The first-order chi connectivity index (χ1) is 14.2. The molecule has 1 saturated carbocycles. The molecule has 0 radical (unpaired) electrons. The predicted molar refractivity (Wildman–Crippen MR) is 110 cm³/mol. The lowest BCUT2D eigenvalue weighted by atomic mass is 10.2. The summed E-state index contributed by atoms with van der Waals surface area (Å²) in [6.07, 6.45) is 5.07. The van der Waals surface area contributed by atoms with Gasteiger partial charge >= 0.3 is 0 Å². The number of aliphatic hydroxyl groups excluding tert-OH is 1. The Balaban J connectivity index is 1.39. The first-order valence-electron chi connectivity index (χ1n) is 9.87. The highest BCUT2D eigenvalue weighted by atomic mass is 35.5. The van der Waals surface area contributed by atoms with Crippen LogP contribution in [0.3, 0.4) is 0 Å². The monoisotopic (exact) mass is 414 g/mol. The number of imidazole rings is 1. The minimum Gasteiger partial charge on any atom is -0.394 e. The zero-order chi connectivity index (χ0) is 19.8. The van der Waals surface area contributed by atoms with Gasteiger partial charge in [0.1, 0.15) is 12.6 Å². The molecule has 5 rings (SSSR count). The van der Waals surface area contributed by atoms with Crippen LogP contribution >= 0.6 is 11.6 Å². The van der Waals surface area contributed by atoms with Crippen molar-refractivity contribution in [1.82, 2.24) is 24.4 Å². The van der Waals surface area contributed by atoms with Gasteiger partial charge in [-0.05, 0) is 30.5 Å². The third-order valence-corrected chi connectivity index (χ3v) is 5.59. The summed E-state index contributed by atoms with van der Waals surface area (Å²) >= 11 is 6.00. The summed E-state index contributed by atoms with van der Waals surface area (Å²) in [7, 11) is 0. The molecule has 8 nitrogen and oxygen atoms in total. The van der Waals surface area contributed by atoms with Gasteiger partial charge in [0.05, 0.1) is 19.0 Å². The average molecular weight is 415 g/mol. The van der Waals surface area contributed by atoms with Crippen molar-refractivity contribution in [3.8, 4) is 0 Å². The SMILES string of the molecule is OC[C@@H]1CN(Cc2ccc(Cl)cc2)C[C@H](n2cnc3c(NC4CC4)ncnc32)O1. The normalized spacial score (nSPS) is 22.8. The fraction of sp³-hybridized carbons (Fsp3) is 0.450. The number of rotatable bonds is 6. The Labute approximate surface area is 173 Å². The molecule has 2 fully saturated rings. The van der Waals surface area contributed by atoms with Crippen molar-refractivity contribution in [3.63, 3.8) is 0 Å². The van der Waals surface area contributed by atoms with E-state index < -0.39 is 0 Å². The second-order valence-corrected chi connectivity index (χ2v) is 8.12. The lowest BCUT2D eigenvalue weighted by Gasteiger charge is -2.37. The third-order valence-electron chi connectivity index (χ3n) is 5.34. The van der Waals surface area contributed by atoms with Crippen molar-refractivity contribution < 1.29 is 9.84 Å². The van der Waals surface area contributed by atoms with Crippen LogP contribution in [0.1, 0.15) is 24.6 Å². The Morgan fingerprint density at radius 3 is 2.72 bits per heavy atom. The Hall–Kier alpha value is -2.26. The summed E-state index contributed by atoms with van der Waals surface area (Å²) in [6, 6.07) is 8.32. The zero-order valence-electron chi connectivity index (χ0n) is 15.9. The second kappa shape index (κ2) is 7.87. The van der Waals surface area contributed by atoms with Crippen LogP contribution in [0.5, 0.6) is 0 Å². The highest BCUT2D eigenvalue weighted by Gasteiger charge is 2.30. The number of aliphatic hydroxyl groups is 1. The molecule has 0 bridgehead atoms. The van der Waals surface area contributed by atoms with E-state index in [9.17, 15) is 5.11 Å². The standard InChI is InChI=1S/C20H23ClN6O2/c21-14-3-1-13(2-4-14)7-26-8-16(10-28)29-17(9-26)27-12-24-18-19(25-15-5-6-15)22-11-23-20(18)27/h1-4,11-12,15-17,28H,5-10H2,(H,22,23,25)/t16-,17+/m0/s1. The molecule has 0 unspecified atom stereocenters. The Kier molecular flexibility index (Phi) is 5.09. The molecule has 0 amide bonds. The lowest BCUT2D eigenvalue weighted by Crippen LogP contribution is -2.46. The van der Waals surface area contributed by atoms with Gasteiger partial charge in [0.15, 0.2) is 17.0 Å². The van der Waals surface area contributed by atoms with E-state index in [2.05, 4.69) is 25.2 Å². The molecule has 3 heterocycles. The molecular weight excluding hydrogens is 392 g/mol. The largest absolute Gasteiger partial charge is 0.394 e. The van der Waals surface area contributed by atoms with E-state index in [1.54, 1.807) is 12.7 Å². The highest BCUT2D eigenvalue weighted by Crippen LogP contribution is 2.29. The molecule has 1 aliphatic heterocycles. The van der Waals surface area contributed by atoms with E-state index in [-0.39, 0.29) is 18.9 Å². The van der Waals surface area contributed by atoms with E-state index in [1.165, 1.54) is 5.56 Å². The molecule has 2 atom stereocenters. The van der Waals surface area contributed by atoms with Crippen LogP contribution in [-0.2, 0) is 11.3 Å². The van der Waals surface area contributed by atoms with Crippen molar-refractivity contribution in [2.45, 2.75) is 37.8 Å². The fourth-order valence-corrected chi connectivity index (χ4v) is 3.84. The number of fused-ring (bicyclic) bond motifs is 1. The van der Waals surface area contributed by atoms with Gasteiger partial charge in [-0.25, -0.2) is 15.0 Å². The predicted octanol–water partition coefficient (Wildman–Crippen LogP) is 2.45. The van der Waals surface area contributed by atoms with Crippen LogP contribution in [0, 0.1) is 0 Å². The number of hydrogen-bond acceptors (Lipinski definition) is 7. The number of hydrogen-bond donors (Lipinski definition) is 2. The number of nitrogens with one attached hydrogen (secondary N) is 1. The third kappa shape index (κ3) is 4.06. The first-order valence-corrected chi connectivity index (χ1v) is 10.2.